The van der Waals surface area contributed by atoms with Gasteiger partial charge in [0.15, 0.2) is 0 Å². The van der Waals surface area contributed by atoms with Crippen LogP contribution in [0.3, 0.4) is 0 Å². The van der Waals surface area contributed by atoms with Crippen LogP contribution in [-0.2, 0) is 13.0 Å². The molecule has 33 heavy (non-hydrogen) atoms. The van der Waals surface area contributed by atoms with Crippen LogP contribution in [0.15, 0.2) is 30.3 Å². The Hall–Kier alpha value is -3.37. The zero-order valence-corrected chi connectivity index (χ0v) is 19.3. The first kappa shape index (κ1) is 22.8. The minimum absolute atomic E-state index is 0.110. The van der Waals surface area contributed by atoms with E-state index in [0.29, 0.717) is 34.7 Å². The van der Waals surface area contributed by atoms with Crippen molar-refractivity contribution in [2.75, 3.05) is 25.6 Å². The van der Waals surface area contributed by atoms with E-state index in [1.807, 2.05) is 12.1 Å². The molecule has 0 saturated heterocycles. The van der Waals surface area contributed by atoms with E-state index < -0.39 is 0 Å². The molecule has 3 aromatic rings. The SMILES string of the molecule is COc1cc2c(cc1C(=O)Nc1cccc(-c3nnnn3[C@H](C)CO)n1)CN(C(C)C)CC2. The first-order valence-electron chi connectivity index (χ1n) is 11.0. The van der Waals surface area contributed by atoms with E-state index in [2.05, 4.69) is 44.6 Å². The van der Waals surface area contributed by atoms with E-state index in [1.165, 1.54) is 10.2 Å². The van der Waals surface area contributed by atoms with E-state index in [4.69, 9.17) is 4.74 Å². The first-order chi connectivity index (χ1) is 15.9. The van der Waals surface area contributed by atoms with E-state index in [1.54, 1.807) is 32.2 Å². The maximum absolute atomic E-state index is 13.2. The van der Waals surface area contributed by atoms with E-state index in [0.717, 1.165) is 25.1 Å². The van der Waals surface area contributed by atoms with Crippen LogP contribution in [0, 0.1) is 0 Å². The summed E-state index contributed by atoms with van der Waals surface area (Å²) in [5.74, 6) is 1.02. The maximum Gasteiger partial charge on any atom is 0.260 e. The summed E-state index contributed by atoms with van der Waals surface area (Å²) in [4.78, 5) is 20.1. The van der Waals surface area contributed by atoms with Crippen molar-refractivity contribution in [1.29, 1.82) is 0 Å². The van der Waals surface area contributed by atoms with Crippen molar-refractivity contribution in [2.45, 2.75) is 45.8 Å². The first-order valence-corrected chi connectivity index (χ1v) is 11.0. The maximum atomic E-state index is 13.2. The van der Waals surface area contributed by atoms with Crippen LogP contribution in [0.1, 0.15) is 48.3 Å². The van der Waals surface area contributed by atoms with Gasteiger partial charge >= 0.3 is 0 Å². The Bertz CT molecular complexity index is 1140. The number of nitrogens with zero attached hydrogens (tertiary/aromatic N) is 6. The lowest BCUT2D eigenvalue weighted by Crippen LogP contribution is -2.36. The summed E-state index contributed by atoms with van der Waals surface area (Å²) >= 11 is 0. The van der Waals surface area contributed by atoms with Crippen molar-refractivity contribution in [2.24, 2.45) is 0 Å². The van der Waals surface area contributed by atoms with Crippen molar-refractivity contribution < 1.29 is 14.6 Å². The topological polar surface area (TPSA) is 118 Å². The van der Waals surface area contributed by atoms with E-state index >= 15 is 0 Å². The molecule has 0 radical (unpaired) electrons. The monoisotopic (exact) mass is 451 g/mol. The molecular weight excluding hydrogens is 422 g/mol. The number of carbonyl (C=O) groups excluding carboxylic acids is 1. The summed E-state index contributed by atoms with van der Waals surface area (Å²) in [5, 5.41) is 24.0. The van der Waals surface area contributed by atoms with Gasteiger partial charge in [0.1, 0.15) is 17.3 Å². The standard InChI is InChI=1S/C23H29N7O3/c1-14(2)29-9-8-16-11-20(33-4)18(10-17(16)12-29)23(32)25-21-7-5-6-19(24-21)22-26-27-28-30(22)15(3)13-31/h5-7,10-11,14-15,31H,8-9,12-13H2,1-4H3,(H,24,25,32)/t15-/m1/s1. The van der Waals surface area contributed by atoms with Gasteiger partial charge in [-0.25, -0.2) is 9.67 Å². The predicted molar refractivity (Wildman–Crippen MR) is 123 cm³/mol. The number of anilines is 1. The molecule has 0 fully saturated rings. The number of amides is 1. The molecule has 4 rings (SSSR count). The van der Waals surface area contributed by atoms with Crippen molar-refractivity contribution >= 4 is 11.7 Å². The predicted octanol–water partition coefficient (Wildman–Crippen LogP) is 2.32. The normalized spacial score (nSPS) is 14.7. The van der Waals surface area contributed by atoms with Gasteiger partial charge in [0.05, 0.1) is 25.3 Å². The second kappa shape index (κ2) is 9.63. The fourth-order valence-corrected chi connectivity index (χ4v) is 3.94. The molecule has 10 nitrogen and oxygen atoms in total. The Kier molecular flexibility index (Phi) is 6.66. The summed E-state index contributed by atoms with van der Waals surface area (Å²) in [5.41, 5.74) is 3.31. The number of carbonyl (C=O) groups is 1. The minimum atomic E-state index is -0.305. The van der Waals surface area contributed by atoms with Crippen LogP contribution in [0.4, 0.5) is 5.82 Å². The number of hydrogen-bond acceptors (Lipinski definition) is 8. The largest absolute Gasteiger partial charge is 0.496 e. The average molecular weight is 452 g/mol. The van der Waals surface area contributed by atoms with Gasteiger partial charge in [-0.2, -0.15) is 0 Å². The molecule has 0 aliphatic carbocycles. The number of aromatic nitrogens is 5. The number of methoxy groups -OCH3 is 1. The Morgan fingerprint density at radius 3 is 2.79 bits per heavy atom. The summed E-state index contributed by atoms with van der Waals surface area (Å²) in [6.07, 6.45) is 0.927. The number of rotatable bonds is 7. The van der Waals surface area contributed by atoms with Crippen LogP contribution in [0.5, 0.6) is 5.75 Å². The fourth-order valence-electron chi connectivity index (χ4n) is 3.94. The highest BCUT2D eigenvalue weighted by Gasteiger charge is 2.23. The zero-order chi connectivity index (χ0) is 23.5. The summed E-state index contributed by atoms with van der Waals surface area (Å²) in [7, 11) is 1.57. The molecule has 0 saturated carbocycles. The molecule has 1 aliphatic heterocycles. The van der Waals surface area contributed by atoms with E-state index in [-0.39, 0.29) is 18.6 Å². The van der Waals surface area contributed by atoms with E-state index in [9.17, 15) is 9.90 Å². The van der Waals surface area contributed by atoms with Crippen LogP contribution in [-0.4, -0.2) is 67.4 Å². The molecule has 0 unspecified atom stereocenters. The molecule has 1 amide bonds. The highest BCUT2D eigenvalue weighted by molar-refractivity contribution is 6.06. The highest BCUT2D eigenvalue weighted by atomic mass is 16.5. The molecule has 1 aliphatic rings. The molecule has 2 aromatic heterocycles. The van der Waals surface area contributed by atoms with Crippen LogP contribution in [0.2, 0.25) is 0 Å². The quantitative estimate of drug-likeness (QED) is 0.562. The third-order valence-corrected chi connectivity index (χ3v) is 5.93. The van der Waals surface area contributed by atoms with Crippen molar-refractivity contribution in [1.82, 2.24) is 30.1 Å². The average Bonchev–Trinajstić information content (AvgIpc) is 3.32. The molecule has 1 atom stereocenters. The zero-order valence-electron chi connectivity index (χ0n) is 19.3. The second-order valence-electron chi connectivity index (χ2n) is 8.48. The van der Waals surface area contributed by atoms with Crippen molar-refractivity contribution in [3.8, 4) is 17.3 Å². The summed E-state index contributed by atoms with van der Waals surface area (Å²) in [6, 6.07) is 9.25. The Morgan fingerprint density at radius 2 is 2.06 bits per heavy atom. The highest BCUT2D eigenvalue weighted by Crippen LogP contribution is 2.29. The molecule has 1 aromatic carbocycles. The number of aliphatic hydroxyl groups is 1. The number of ether oxygens (including phenoxy) is 1. The van der Waals surface area contributed by atoms with Gasteiger partial charge in [-0.05, 0) is 73.0 Å². The molecule has 10 heteroatoms. The number of aliphatic hydroxyl groups excluding tert-OH is 1. The van der Waals surface area contributed by atoms with Gasteiger partial charge in [0, 0.05) is 19.1 Å². The molecular formula is C23H29N7O3. The lowest BCUT2D eigenvalue weighted by atomic mass is 9.95. The number of hydrogen-bond donors (Lipinski definition) is 2. The Labute approximate surface area is 192 Å². The molecule has 0 spiro atoms. The third kappa shape index (κ3) is 4.71. The van der Waals surface area contributed by atoms with Gasteiger partial charge in [0.2, 0.25) is 5.82 Å². The lowest BCUT2D eigenvalue weighted by Gasteiger charge is -2.32. The van der Waals surface area contributed by atoms with Gasteiger partial charge < -0.3 is 15.2 Å². The fraction of sp³-hybridized carbons (Fsp3) is 0.435. The van der Waals surface area contributed by atoms with Crippen molar-refractivity contribution in [3.63, 3.8) is 0 Å². The van der Waals surface area contributed by atoms with Gasteiger partial charge in [-0.1, -0.05) is 6.07 Å². The smallest absolute Gasteiger partial charge is 0.260 e. The van der Waals surface area contributed by atoms with Gasteiger partial charge in [-0.3, -0.25) is 9.69 Å². The lowest BCUT2D eigenvalue weighted by molar-refractivity contribution is 0.102. The minimum Gasteiger partial charge on any atom is -0.496 e. The summed E-state index contributed by atoms with van der Waals surface area (Å²) < 4.78 is 7.03. The molecule has 2 N–H and O–H groups in total. The number of fused-ring (bicyclic) bond motifs is 1. The van der Waals surface area contributed by atoms with Gasteiger partial charge in [-0.15, -0.1) is 5.10 Å². The van der Waals surface area contributed by atoms with Crippen molar-refractivity contribution in [3.05, 3.63) is 47.0 Å². The van der Waals surface area contributed by atoms with Crippen LogP contribution in [0.25, 0.3) is 11.5 Å². The van der Waals surface area contributed by atoms with Gasteiger partial charge in [0.25, 0.3) is 5.91 Å². The Morgan fingerprint density at radius 1 is 1.24 bits per heavy atom. The molecule has 174 valence electrons. The van der Waals surface area contributed by atoms with Crippen LogP contribution < -0.4 is 10.1 Å². The summed E-state index contributed by atoms with van der Waals surface area (Å²) in [6.45, 7) is 7.84. The third-order valence-electron chi connectivity index (χ3n) is 5.93. The number of benzene rings is 1. The van der Waals surface area contributed by atoms with Crippen LogP contribution >= 0.6 is 0 Å². The molecule has 3 heterocycles. The molecule has 0 bridgehead atoms. The number of pyridine rings is 1. The second-order valence-corrected chi connectivity index (χ2v) is 8.48. The number of tetrazole rings is 1. The number of nitrogens with one attached hydrogen (secondary N) is 1. The Balaban J connectivity index is 1.60.